The van der Waals surface area contributed by atoms with Gasteiger partial charge in [0.1, 0.15) is 10.7 Å². The maximum atomic E-state index is 13.0. The number of rotatable bonds is 2. The standard InChI is InChI=1S/C21H19N5O3S/c1-25-11-17(27)22-19-18(21(25)29)13-7-8-26(10-16(13)30-19)20(28)15-9-14(23-24-15)12-5-3-2-4-6-12/h2-6,9H,7-8,10-11H2,1H3,(H,22,27)(H,23,24). The molecule has 152 valence electrons. The third kappa shape index (κ3) is 3.07. The number of aromatic nitrogens is 2. The van der Waals surface area contributed by atoms with E-state index in [2.05, 4.69) is 15.5 Å². The van der Waals surface area contributed by atoms with Crippen LogP contribution in [0.5, 0.6) is 0 Å². The van der Waals surface area contributed by atoms with Crippen molar-refractivity contribution < 1.29 is 14.4 Å². The first kappa shape index (κ1) is 18.6. The number of hydrogen-bond donors (Lipinski definition) is 2. The van der Waals surface area contributed by atoms with Gasteiger partial charge in [0.2, 0.25) is 5.91 Å². The lowest BCUT2D eigenvalue weighted by Gasteiger charge is -2.27. The maximum absolute atomic E-state index is 13.0. The van der Waals surface area contributed by atoms with E-state index < -0.39 is 0 Å². The average Bonchev–Trinajstić information content (AvgIpc) is 3.35. The van der Waals surface area contributed by atoms with Gasteiger partial charge in [-0.05, 0) is 18.1 Å². The quantitative estimate of drug-likeness (QED) is 0.664. The lowest BCUT2D eigenvalue weighted by atomic mass is 10.0. The Morgan fingerprint density at radius 1 is 1.17 bits per heavy atom. The first-order chi connectivity index (χ1) is 14.5. The molecule has 0 fully saturated rings. The van der Waals surface area contributed by atoms with Crippen LogP contribution in [0.2, 0.25) is 0 Å². The number of thiophene rings is 1. The highest BCUT2D eigenvalue weighted by Gasteiger charge is 2.34. The summed E-state index contributed by atoms with van der Waals surface area (Å²) in [5.74, 6) is -0.491. The first-order valence-corrected chi connectivity index (χ1v) is 10.4. The van der Waals surface area contributed by atoms with Gasteiger partial charge in [-0.15, -0.1) is 11.3 Å². The molecule has 2 aromatic heterocycles. The Morgan fingerprint density at radius 3 is 2.77 bits per heavy atom. The van der Waals surface area contributed by atoms with Crippen molar-refractivity contribution in [2.45, 2.75) is 13.0 Å². The number of fused-ring (bicyclic) bond motifs is 3. The fraction of sp³-hybridized carbons (Fsp3) is 0.238. The minimum atomic E-state index is -0.206. The lowest BCUT2D eigenvalue weighted by Crippen LogP contribution is -2.36. The summed E-state index contributed by atoms with van der Waals surface area (Å²) in [7, 11) is 1.63. The molecule has 0 unspecified atom stereocenters. The monoisotopic (exact) mass is 421 g/mol. The van der Waals surface area contributed by atoms with Gasteiger partial charge in [-0.1, -0.05) is 30.3 Å². The second kappa shape index (κ2) is 7.10. The van der Waals surface area contributed by atoms with Gasteiger partial charge in [0, 0.05) is 24.0 Å². The van der Waals surface area contributed by atoms with E-state index in [0.717, 1.165) is 21.7 Å². The van der Waals surface area contributed by atoms with Crippen LogP contribution in [0, 0.1) is 0 Å². The van der Waals surface area contributed by atoms with Crippen molar-refractivity contribution in [2.75, 3.05) is 25.5 Å². The molecule has 0 radical (unpaired) electrons. The molecule has 8 nitrogen and oxygen atoms in total. The number of amides is 3. The molecule has 1 aromatic carbocycles. The molecule has 2 N–H and O–H groups in total. The number of nitrogens with zero attached hydrogens (tertiary/aromatic N) is 3. The molecule has 4 heterocycles. The van der Waals surface area contributed by atoms with E-state index in [1.54, 1.807) is 18.0 Å². The highest BCUT2D eigenvalue weighted by Crippen LogP contribution is 2.39. The molecule has 2 aliphatic heterocycles. The summed E-state index contributed by atoms with van der Waals surface area (Å²) in [5.41, 5.74) is 3.60. The highest BCUT2D eigenvalue weighted by molar-refractivity contribution is 7.17. The van der Waals surface area contributed by atoms with Gasteiger partial charge in [0.05, 0.1) is 24.3 Å². The number of nitrogens with one attached hydrogen (secondary N) is 2. The van der Waals surface area contributed by atoms with E-state index in [4.69, 9.17) is 0 Å². The smallest absolute Gasteiger partial charge is 0.272 e. The predicted molar refractivity (Wildman–Crippen MR) is 112 cm³/mol. The van der Waals surface area contributed by atoms with Crippen LogP contribution in [0.15, 0.2) is 36.4 Å². The van der Waals surface area contributed by atoms with E-state index in [-0.39, 0.29) is 24.3 Å². The molecule has 0 bridgehead atoms. The Balaban J connectivity index is 1.40. The van der Waals surface area contributed by atoms with Crippen LogP contribution in [0.25, 0.3) is 11.3 Å². The molecule has 5 rings (SSSR count). The number of benzene rings is 1. The van der Waals surface area contributed by atoms with Crippen LogP contribution in [-0.2, 0) is 17.8 Å². The van der Waals surface area contributed by atoms with Gasteiger partial charge in [0.15, 0.2) is 0 Å². The van der Waals surface area contributed by atoms with Gasteiger partial charge in [-0.2, -0.15) is 5.10 Å². The van der Waals surface area contributed by atoms with Crippen LogP contribution in [0.3, 0.4) is 0 Å². The molecule has 0 atom stereocenters. The second-order valence-electron chi connectivity index (χ2n) is 7.43. The van der Waals surface area contributed by atoms with Crippen molar-refractivity contribution in [3.63, 3.8) is 0 Å². The van der Waals surface area contributed by atoms with Crippen LogP contribution in [0.4, 0.5) is 5.00 Å². The van der Waals surface area contributed by atoms with Crippen molar-refractivity contribution in [3.05, 3.63) is 58.1 Å². The molecule has 0 saturated carbocycles. The van der Waals surface area contributed by atoms with Gasteiger partial charge < -0.3 is 15.1 Å². The van der Waals surface area contributed by atoms with Gasteiger partial charge >= 0.3 is 0 Å². The van der Waals surface area contributed by atoms with Crippen molar-refractivity contribution >= 4 is 34.1 Å². The van der Waals surface area contributed by atoms with Crippen LogP contribution in [-0.4, -0.2) is 57.9 Å². The number of carbonyl (C=O) groups excluding carboxylic acids is 3. The molecular weight excluding hydrogens is 402 g/mol. The zero-order chi connectivity index (χ0) is 20.8. The molecule has 2 aliphatic rings. The molecule has 9 heteroatoms. The molecule has 0 aliphatic carbocycles. The van der Waals surface area contributed by atoms with Crippen molar-refractivity contribution in [1.29, 1.82) is 0 Å². The summed E-state index contributed by atoms with van der Waals surface area (Å²) < 4.78 is 0. The molecule has 0 saturated heterocycles. The Kier molecular flexibility index (Phi) is 4.39. The van der Waals surface area contributed by atoms with E-state index in [1.165, 1.54) is 16.2 Å². The largest absolute Gasteiger partial charge is 0.332 e. The number of carbonyl (C=O) groups is 3. The van der Waals surface area contributed by atoms with E-state index in [1.807, 2.05) is 30.3 Å². The number of H-pyrrole nitrogens is 1. The maximum Gasteiger partial charge on any atom is 0.272 e. The molecular formula is C21H19N5O3S. The highest BCUT2D eigenvalue weighted by atomic mass is 32.1. The first-order valence-electron chi connectivity index (χ1n) is 9.61. The van der Waals surface area contributed by atoms with E-state index in [0.29, 0.717) is 35.8 Å². The van der Waals surface area contributed by atoms with Crippen LogP contribution < -0.4 is 5.32 Å². The topological polar surface area (TPSA) is 98.4 Å². The fourth-order valence-electron chi connectivity index (χ4n) is 3.89. The van der Waals surface area contributed by atoms with E-state index in [9.17, 15) is 14.4 Å². The normalized spacial score (nSPS) is 16.0. The SMILES string of the molecule is CN1CC(=O)Nc2sc3c(c2C1=O)CCN(C(=O)c1cc(-c2ccccc2)n[nH]1)C3. The van der Waals surface area contributed by atoms with Gasteiger partial charge in [0.25, 0.3) is 11.8 Å². The number of likely N-dealkylation sites (N-methyl/N-ethyl adjacent to an activating group) is 1. The Labute approximate surface area is 176 Å². The van der Waals surface area contributed by atoms with Crippen molar-refractivity contribution in [2.24, 2.45) is 0 Å². The third-order valence-electron chi connectivity index (χ3n) is 5.42. The molecule has 30 heavy (non-hydrogen) atoms. The van der Waals surface area contributed by atoms with Crippen LogP contribution >= 0.6 is 11.3 Å². The molecule has 3 amide bonds. The minimum Gasteiger partial charge on any atom is -0.332 e. The Morgan fingerprint density at radius 2 is 1.97 bits per heavy atom. The summed E-state index contributed by atoms with van der Waals surface area (Å²) in [5, 5.41) is 10.5. The number of aromatic amines is 1. The van der Waals surface area contributed by atoms with Gasteiger partial charge in [-0.3, -0.25) is 19.5 Å². The fourth-order valence-corrected chi connectivity index (χ4v) is 5.17. The van der Waals surface area contributed by atoms with Gasteiger partial charge in [-0.25, -0.2) is 0 Å². The lowest BCUT2D eigenvalue weighted by molar-refractivity contribution is -0.116. The predicted octanol–water partition coefficient (Wildman–Crippen LogP) is 2.36. The van der Waals surface area contributed by atoms with E-state index >= 15 is 0 Å². The number of hydrogen-bond acceptors (Lipinski definition) is 5. The number of anilines is 1. The second-order valence-corrected chi connectivity index (χ2v) is 8.53. The van der Waals surface area contributed by atoms with Crippen molar-refractivity contribution in [1.82, 2.24) is 20.0 Å². The summed E-state index contributed by atoms with van der Waals surface area (Å²) in [4.78, 5) is 41.9. The minimum absolute atomic E-state index is 0.0448. The molecule has 0 spiro atoms. The average molecular weight is 421 g/mol. The van der Waals surface area contributed by atoms with Crippen LogP contribution in [0.1, 0.15) is 31.3 Å². The Bertz CT molecular complexity index is 1170. The Hall–Kier alpha value is -3.46. The third-order valence-corrected chi connectivity index (χ3v) is 6.55. The van der Waals surface area contributed by atoms with Crippen molar-refractivity contribution in [3.8, 4) is 11.3 Å². The molecule has 3 aromatic rings. The summed E-state index contributed by atoms with van der Waals surface area (Å²) in [6.45, 7) is 0.946. The zero-order valence-corrected chi connectivity index (χ0v) is 17.1. The summed E-state index contributed by atoms with van der Waals surface area (Å²) in [6, 6.07) is 11.4. The summed E-state index contributed by atoms with van der Waals surface area (Å²) >= 11 is 1.38. The zero-order valence-electron chi connectivity index (χ0n) is 16.3. The summed E-state index contributed by atoms with van der Waals surface area (Å²) in [6.07, 6.45) is 0.571.